The Morgan fingerprint density at radius 1 is 0.909 bits per heavy atom. The van der Waals surface area contributed by atoms with Gasteiger partial charge in [-0.3, -0.25) is 0 Å². The monoisotopic (exact) mass is 243 g/mol. The van der Waals surface area contributed by atoms with E-state index in [0.717, 1.165) is 0 Å². The molecular weight excluding hydrogens is 228 g/mol. The normalized spacial score (nSPS) is 2.18. The molecule has 0 aliphatic carbocycles. The summed E-state index contributed by atoms with van der Waals surface area (Å²) in [6.07, 6.45) is 0. The van der Waals surface area contributed by atoms with Gasteiger partial charge in [-0.05, 0) is 0 Å². The molecule has 0 unspecified atom stereocenters. The van der Waals surface area contributed by atoms with Crippen LogP contribution in [0.1, 0.15) is 0 Å². The van der Waals surface area contributed by atoms with Gasteiger partial charge in [-0.2, -0.15) is 0 Å². The van der Waals surface area contributed by atoms with Crippen LogP contribution in [0.3, 0.4) is 0 Å². The van der Waals surface area contributed by atoms with E-state index in [1.807, 2.05) is 0 Å². The van der Waals surface area contributed by atoms with E-state index < -0.39 is 5.09 Å². The minimum atomic E-state index is -1.50. The fraction of sp³-hybridized carbons (Fsp3) is 0. The van der Waals surface area contributed by atoms with Crippen molar-refractivity contribution in [3.63, 3.8) is 0 Å². The summed E-state index contributed by atoms with van der Waals surface area (Å²) in [5, 5.41) is 13.6. The molecule has 0 atom stereocenters. The molecule has 11 heteroatoms. The first kappa shape index (κ1) is 145. The van der Waals surface area contributed by atoms with Gasteiger partial charge in [0.2, 0.25) is 0 Å². The van der Waals surface area contributed by atoms with Gasteiger partial charge in [0, 0.05) is 0 Å². The van der Waals surface area contributed by atoms with Gasteiger partial charge in [0.05, 0.1) is 0 Å². The first-order valence-corrected chi connectivity index (χ1v) is 0.565. The van der Waals surface area contributed by atoms with Crippen LogP contribution in [0.4, 0.5) is 0 Å². The SMILES string of the molecule is O.O.O.O.O.O.O=[N+]([O-])O.[GaH3]. The van der Waals surface area contributed by atoms with Crippen LogP contribution in [0.25, 0.3) is 0 Å². The van der Waals surface area contributed by atoms with E-state index in [9.17, 15) is 0 Å². The zero-order valence-electron chi connectivity index (χ0n) is 4.71. The van der Waals surface area contributed by atoms with E-state index in [4.69, 9.17) is 15.3 Å². The molecule has 0 aromatic heterocycles. The van der Waals surface area contributed by atoms with E-state index in [1.165, 1.54) is 0 Å². The van der Waals surface area contributed by atoms with Crippen molar-refractivity contribution in [2.75, 3.05) is 0 Å². The van der Waals surface area contributed by atoms with Crippen LogP contribution in [-0.4, -0.2) is 62.9 Å². The van der Waals surface area contributed by atoms with Gasteiger partial charge in [-0.15, -0.1) is 10.1 Å². The van der Waals surface area contributed by atoms with Crippen LogP contribution in [-0.2, 0) is 0 Å². The molecule has 13 N–H and O–H groups in total. The molecule has 78 valence electrons. The van der Waals surface area contributed by atoms with Gasteiger partial charge < -0.3 is 38.1 Å². The average Bonchev–Trinajstić information content (AvgIpc) is 0.811. The van der Waals surface area contributed by atoms with Crippen molar-refractivity contribution in [3.8, 4) is 0 Å². The molecule has 0 aromatic rings. The molecule has 0 heterocycles. The van der Waals surface area contributed by atoms with Crippen molar-refractivity contribution in [2.24, 2.45) is 0 Å². The summed E-state index contributed by atoms with van der Waals surface area (Å²) in [7, 11) is 0. The summed E-state index contributed by atoms with van der Waals surface area (Å²) in [5.74, 6) is 0. The maximum atomic E-state index is 8.36. The number of nitrogens with zero attached hydrogens (tertiary/aromatic N) is 1. The zero-order valence-corrected chi connectivity index (χ0v) is 4.71. The Labute approximate surface area is 73.8 Å². The van der Waals surface area contributed by atoms with Crippen LogP contribution < -0.4 is 0 Å². The van der Waals surface area contributed by atoms with Gasteiger partial charge in [0.25, 0.3) is 5.09 Å². The molecule has 0 rings (SSSR count). The Bertz CT molecular complexity index is 32.5. The Morgan fingerprint density at radius 3 is 0.909 bits per heavy atom. The fourth-order valence-electron chi connectivity index (χ4n) is 0. The Kier molecular flexibility index (Phi) is 1380. The van der Waals surface area contributed by atoms with Crippen LogP contribution in [0, 0.1) is 10.1 Å². The van der Waals surface area contributed by atoms with Crippen LogP contribution in [0.5, 0.6) is 0 Å². The summed E-state index contributed by atoms with van der Waals surface area (Å²) in [6.45, 7) is 0. The molecule has 0 spiro atoms. The van der Waals surface area contributed by atoms with E-state index >= 15 is 0 Å². The van der Waals surface area contributed by atoms with E-state index in [-0.39, 0.29) is 52.6 Å². The molecule has 0 amide bonds. The molecule has 0 saturated carbocycles. The molecule has 0 radical (unpaired) electrons. The molecule has 0 fully saturated rings. The van der Waals surface area contributed by atoms with Gasteiger partial charge >= 0.3 is 19.8 Å². The quantitative estimate of drug-likeness (QED) is 0.247. The van der Waals surface area contributed by atoms with Gasteiger partial charge in [-0.1, -0.05) is 0 Å². The first-order valence-electron chi connectivity index (χ1n) is 0.565. The second-order valence-electron chi connectivity index (χ2n) is 0.238. The number of hydrogen-bond donors (Lipinski definition) is 1. The van der Waals surface area contributed by atoms with Gasteiger partial charge in [-0.25, -0.2) is 0 Å². The molecule has 0 aliphatic rings. The van der Waals surface area contributed by atoms with Crippen LogP contribution >= 0.6 is 0 Å². The minimum absolute atomic E-state index is 0. The third kappa shape index (κ3) is 3400. The molecule has 0 saturated heterocycles. The van der Waals surface area contributed by atoms with Gasteiger partial charge in [0.15, 0.2) is 0 Å². The summed E-state index contributed by atoms with van der Waals surface area (Å²) < 4.78 is 0. The molecule has 10 nitrogen and oxygen atoms in total. The Balaban J connectivity index is -0.00000000214. The number of hydrogen-bond acceptors (Lipinski definition) is 2. The van der Waals surface area contributed by atoms with Crippen LogP contribution in [0.15, 0.2) is 0 Å². The average molecular weight is 244 g/mol. The Morgan fingerprint density at radius 2 is 0.909 bits per heavy atom. The molecule has 0 bridgehead atoms. The van der Waals surface area contributed by atoms with Crippen molar-refractivity contribution < 1.29 is 43.2 Å². The topological polar surface area (TPSA) is 252 Å². The maximum absolute atomic E-state index is 8.36. The summed E-state index contributed by atoms with van der Waals surface area (Å²) >= 11 is 0. The summed E-state index contributed by atoms with van der Waals surface area (Å²) in [6, 6.07) is 0. The first-order chi connectivity index (χ1) is 1.73. The van der Waals surface area contributed by atoms with Crippen molar-refractivity contribution in [3.05, 3.63) is 10.1 Å². The third-order valence-corrected chi connectivity index (χ3v) is 0. The molecular formula is H16GaNO9. The van der Waals surface area contributed by atoms with E-state index in [2.05, 4.69) is 0 Å². The summed E-state index contributed by atoms with van der Waals surface area (Å²) in [5.41, 5.74) is 0. The Hall–Kier alpha value is -0.404. The van der Waals surface area contributed by atoms with Gasteiger partial charge in [0.1, 0.15) is 0 Å². The second-order valence-corrected chi connectivity index (χ2v) is 0.238. The number of rotatable bonds is 0. The van der Waals surface area contributed by atoms with Crippen molar-refractivity contribution >= 4 is 19.8 Å². The standard InChI is InChI=1S/Ga.HNO3.6H2O.3H/c;2-1(3)4;;;;;;;;;/h;(H,2,3,4);6*1H2;;;. The third-order valence-electron chi connectivity index (χ3n) is 0. The van der Waals surface area contributed by atoms with Crippen molar-refractivity contribution in [2.45, 2.75) is 0 Å². The molecule has 0 aliphatic heterocycles. The van der Waals surface area contributed by atoms with Crippen molar-refractivity contribution in [1.29, 1.82) is 0 Å². The molecule has 11 heavy (non-hydrogen) atoms. The zero-order chi connectivity index (χ0) is 3.58. The van der Waals surface area contributed by atoms with E-state index in [1.54, 1.807) is 0 Å². The van der Waals surface area contributed by atoms with Crippen LogP contribution in [0.2, 0.25) is 0 Å². The fourth-order valence-corrected chi connectivity index (χ4v) is 0. The predicted octanol–water partition coefficient (Wildman–Crippen LogP) is -6.48. The molecule has 0 aromatic carbocycles. The van der Waals surface area contributed by atoms with Crippen molar-refractivity contribution in [1.82, 2.24) is 0 Å². The second kappa shape index (κ2) is 105. The van der Waals surface area contributed by atoms with E-state index in [0.29, 0.717) is 0 Å². The summed E-state index contributed by atoms with van der Waals surface area (Å²) in [4.78, 5) is 8.36. The predicted molar refractivity (Wildman–Crippen MR) is 40.4 cm³/mol.